The number of carboxylic acids is 1. The molecule has 0 aromatic carbocycles. The van der Waals surface area contributed by atoms with Crippen molar-refractivity contribution in [1.82, 2.24) is 0 Å². The second-order valence-electron chi connectivity index (χ2n) is 23.8. The number of allylic oxidation sites excluding steroid dienone is 2. The first-order valence-corrected chi connectivity index (χ1v) is 24.1. The topological polar surface area (TPSA) is 275 Å². The van der Waals surface area contributed by atoms with E-state index in [0.717, 1.165) is 51.4 Å². The van der Waals surface area contributed by atoms with Gasteiger partial charge in [-0.1, -0.05) is 67.0 Å². The molecule has 17 heteroatoms. The second-order valence-corrected chi connectivity index (χ2v) is 23.8. The summed E-state index contributed by atoms with van der Waals surface area (Å²) in [6, 6.07) is 0. The Balaban J connectivity index is 1.06. The maximum atomic E-state index is 12.5. The molecule has 0 bridgehead atoms. The second kappa shape index (κ2) is 17.2. The molecule has 3 heterocycles. The van der Waals surface area contributed by atoms with E-state index in [1.807, 2.05) is 0 Å². The number of carbonyl (C=O) groups is 1. The highest BCUT2D eigenvalue weighted by Gasteiger charge is 2.69. The van der Waals surface area contributed by atoms with Crippen LogP contribution in [0.1, 0.15) is 120 Å². The van der Waals surface area contributed by atoms with Crippen LogP contribution in [-0.2, 0) is 33.2 Å². The van der Waals surface area contributed by atoms with E-state index in [1.54, 1.807) is 5.57 Å². The minimum Gasteiger partial charge on any atom is -0.479 e. The van der Waals surface area contributed by atoms with Gasteiger partial charge >= 0.3 is 5.97 Å². The van der Waals surface area contributed by atoms with Gasteiger partial charge in [0.1, 0.15) is 61.0 Å². The highest BCUT2D eigenvalue weighted by Crippen LogP contribution is 2.76. The predicted molar refractivity (Wildman–Crippen MR) is 229 cm³/mol. The third-order valence-electron chi connectivity index (χ3n) is 19.4. The molecule has 8 rings (SSSR count). The maximum Gasteiger partial charge on any atom is 0.335 e. The molecule has 0 spiro atoms. The van der Waals surface area contributed by atoms with Crippen molar-refractivity contribution in [3.63, 3.8) is 0 Å². The van der Waals surface area contributed by atoms with E-state index < -0.39 is 116 Å². The van der Waals surface area contributed by atoms with Gasteiger partial charge in [-0.2, -0.15) is 0 Å². The van der Waals surface area contributed by atoms with Crippen molar-refractivity contribution in [1.29, 1.82) is 0 Å². The van der Waals surface area contributed by atoms with Crippen LogP contribution in [0.25, 0.3) is 0 Å². The zero-order valence-electron chi connectivity index (χ0n) is 39.5. The molecule has 17 nitrogen and oxygen atoms in total. The van der Waals surface area contributed by atoms with Crippen molar-refractivity contribution in [3.05, 3.63) is 11.6 Å². The Hall–Kier alpha value is -1.39. The van der Waals surface area contributed by atoms with E-state index in [-0.39, 0.29) is 39.1 Å². The van der Waals surface area contributed by atoms with Crippen LogP contribution in [0.3, 0.4) is 0 Å². The lowest BCUT2D eigenvalue weighted by molar-refractivity contribution is -0.395. The highest BCUT2D eigenvalue weighted by molar-refractivity contribution is 5.73. The Bertz CT molecular complexity index is 1790. The fraction of sp³-hybridized carbons (Fsp3) is 0.938. The van der Waals surface area contributed by atoms with Gasteiger partial charge in [0.15, 0.2) is 25.0 Å². The van der Waals surface area contributed by atoms with Crippen LogP contribution in [0.4, 0.5) is 0 Å². The number of ether oxygens (including phenoxy) is 6. The molecule has 0 radical (unpaired) electrons. The lowest BCUT2D eigenvalue weighted by Gasteiger charge is -2.71. The molecule has 8 aliphatic rings. The molecule has 65 heavy (non-hydrogen) atoms. The Kier molecular flexibility index (Phi) is 13.2. The first kappa shape index (κ1) is 50.0. The van der Waals surface area contributed by atoms with Gasteiger partial charge in [-0.25, -0.2) is 4.79 Å². The predicted octanol–water partition coefficient (Wildman–Crippen LogP) is 1.73. The highest BCUT2D eigenvalue weighted by atomic mass is 16.8. The number of aliphatic hydroxyl groups excluding tert-OH is 9. The first-order valence-electron chi connectivity index (χ1n) is 24.1. The summed E-state index contributed by atoms with van der Waals surface area (Å²) in [5, 5.41) is 108. The molecular formula is C48H78O17. The summed E-state index contributed by atoms with van der Waals surface area (Å²) in [4.78, 5) is 12.5. The van der Waals surface area contributed by atoms with Gasteiger partial charge in [0, 0.05) is 5.41 Å². The van der Waals surface area contributed by atoms with Crippen LogP contribution in [0.2, 0.25) is 0 Å². The number of hydrogen-bond acceptors (Lipinski definition) is 16. The van der Waals surface area contributed by atoms with Gasteiger partial charge in [-0.3, -0.25) is 0 Å². The third kappa shape index (κ3) is 7.81. The van der Waals surface area contributed by atoms with Crippen LogP contribution in [0, 0.1) is 50.2 Å². The summed E-state index contributed by atoms with van der Waals surface area (Å²) in [5.41, 5.74) is 0.763. The normalized spacial score (nSPS) is 55.1. The van der Waals surface area contributed by atoms with Gasteiger partial charge < -0.3 is 79.5 Å². The lowest BCUT2D eigenvalue weighted by Crippen LogP contribution is -2.68. The number of aliphatic carboxylic acids is 1. The minimum atomic E-state index is -2.02. The van der Waals surface area contributed by atoms with E-state index in [0.29, 0.717) is 18.3 Å². The van der Waals surface area contributed by atoms with Crippen LogP contribution < -0.4 is 0 Å². The average molecular weight is 927 g/mol. The molecule has 5 aliphatic carbocycles. The Morgan fingerprint density at radius 2 is 1.29 bits per heavy atom. The number of aliphatic hydroxyl groups is 9. The fourth-order valence-corrected chi connectivity index (χ4v) is 15.1. The zero-order valence-corrected chi connectivity index (χ0v) is 39.5. The van der Waals surface area contributed by atoms with Crippen molar-refractivity contribution in [2.45, 2.75) is 224 Å². The molecule has 10 N–H and O–H groups in total. The van der Waals surface area contributed by atoms with Crippen LogP contribution in [0.5, 0.6) is 0 Å². The molecule has 0 aromatic rings. The molecule has 4 unspecified atom stereocenters. The van der Waals surface area contributed by atoms with Crippen molar-refractivity contribution >= 4 is 5.97 Å². The molecule has 24 atom stereocenters. The van der Waals surface area contributed by atoms with E-state index in [2.05, 4.69) is 61.5 Å². The van der Waals surface area contributed by atoms with Crippen molar-refractivity contribution in [2.75, 3.05) is 6.61 Å². The van der Waals surface area contributed by atoms with E-state index >= 15 is 0 Å². The number of rotatable bonds is 8. The molecule has 3 saturated heterocycles. The van der Waals surface area contributed by atoms with Gasteiger partial charge in [0.05, 0.1) is 24.9 Å². The van der Waals surface area contributed by atoms with Crippen LogP contribution in [-0.4, -0.2) is 168 Å². The summed E-state index contributed by atoms with van der Waals surface area (Å²) in [5.74, 6) is -0.724. The standard InChI is InChI=1S/C48H78O17/c1-21-29(51)31(53)35(57)40(60-21)64-37-32(54)30(52)24(20-49)61-41(37)65-38-34(56)33(55)36(39(58)59)63-42(38)62-28-13-14-46(7)25(44(28,4)5)12-15-48(9)26(46)11-10-22-23-18-43(2,3)19-27(50)45(23,6)16-17-47(22,48)8/h10,21,23-38,40-42,49-57H,11-20H2,1-9H3,(H,58,59)/t21-,23?,24-,25?,26?,27-,28+,29-,30+,31-,32-,33+,34-,35-,36+,37-,38-,40+,41+,42-,45-,46+,47?,48-/m1/s1. The van der Waals surface area contributed by atoms with E-state index in [1.165, 1.54) is 6.92 Å². The fourth-order valence-electron chi connectivity index (χ4n) is 15.1. The van der Waals surface area contributed by atoms with Crippen molar-refractivity contribution < 1.29 is 84.3 Å². The minimum absolute atomic E-state index is 0.00181. The monoisotopic (exact) mass is 927 g/mol. The third-order valence-corrected chi connectivity index (χ3v) is 19.4. The molecule has 0 amide bonds. The van der Waals surface area contributed by atoms with E-state index in [4.69, 9.17) is 28.4 Å². The Labute approximate surface area is 382 Å². The molecule has 0 aromatic heterocycles. The molecule has 372 valence electrons. The van der Waals surface area contributed by atoms with Gasteiger partial charge in [-0.05, 0) is 110 Å². The van der Waals surface area contributed by atoms with Crippen molar-refractivity contribution in [2.24, 2.45) is 50.2 Å². The summed E-state index contributed by atoms with van der Waals surface area (Å²) in [6.07, 6.45) is -15.9. The average Bonchev–Trinajstić information content (AvgIpc) is 3.22. The summed E-state index contributed by atoms with van der Waals surface area (Å²) in [6.45, 7) is 19.3. The quantitative estimate of drug-likeness (QED) is 0.123. The van der Waals surface area contributed by atoms with Crippen molar-refractivity contribution in [3.8, 4) is 0 Å². The Morgan fingerprint density at radius 1 is 0.662 bits per heavy atom. The molecule has 3 aliphatic heterocycles. The first-order chi connectivity index (χ1) is 30.2. The summed E-state index contributed by atoms with van der Waals surface area (Å²) in [7, 11) is 0. The summed E-state index contributed by atoms with van der Waals surface area (Å²) >= 11 is 0. The number of carboxylic acid groups (broad SMARTS) is 1. The van der Waals surface area contributed by atoms with Crippen LogP contribution in [0.15, 0.2) is 11.6 Å². The summed E-state index contributed by atoms with van der Waals surface area (Å²) < 4.78 is 36.4. The largest absolute Gasteiger partial charge is 0.479 e. The molecule has 7 fully saturated rings. The smallest absolute Gasteiger partial charge is 0.335 e. The number of hydrogen-bond donors (Lipinski definition) is 10. The zero-order chi connectivity index (χ0) is 47.7. The Morgan fingerprint density at radius 3 is 1.94 bits per heavy atom. The van der Waals surface area contributed by atoms with Crippen LogP contribution >= 0.6 is 0 Å². The lowest BCUT2D eigenvalue weighted by atomic mass is 9.33. The SMILES string of the molecule is C[C@H]1O[C@@H](O[C@H]2[C@H](O[C@H]3[C@H](O[C@H]4CC[C@@]5(C)C(CC[C@]6(C)C5CC=C5C7CC(C)(C)C[C@@H](O)[C@]7(C)CCC56C)C4(C)C)O[C@H](C(=O)O)[C@@H](O)[C@H]3O)O[C@H](CO)[C@H](O)[C@H]2O)[C@H](O)[C@H](O)[C@@H]1O. The van der Waals surface area contributed by atoms with Gasteiger partial charge in [-0.15, -0.1) is 0 Å². The molecule has 4 saturated carbocycles. The van der Waals surface area contributed by atoms with Gasteiger partial charge in [0.25, 0.3) is 0 Å². The molecular weight excluding hydrogens is 849 g/mol. The number of fused-ring (bicyclic) bond motifs is 7. The van der Waals surface area contributed by atoms with Gasteiger partial charge in [0.2, 0.25) is 0 Å². The maximum absolute atomic E-state index is 12.5. The van der Waals surface area contributed by atoms with E-state index in [9.17, 15) is 55.9 Å².